The zero-order chi connectivity index (χ0) is 13.2. The number of fused-ring (bicyclic) bond motifs is 1. The van der Waals surface area contributed by atoms with Crippen LogP contribution in [0.15, 0.2) is 48.5 Å². The monoisotopic (exact) mass is 247 g/mol. The van der Waals surface area contributed by atoms with E-state index in [1.807, 2.05) is 43.4 Å². The maximum absolute atomic E-state index is 8.92. The lowest BCUT2D eigenvalue weighted by molar-refractivity contribution is 0.844. The van der Waals surface area contributed by atoms with Gasteiger partial charge in [0.15, 0.2) is 0 Å². The molecular formula is C16H13N3. The minimum Gasteiger partial charge on any atom is -0.331 e. The summed E-state index contributed by atoms with van der Waals surface area (Å²) in [5.74, 6) is 1.01. The lowest BCUT2D eigenvalue weighted by Gasteiger charge is -2.02. The summed E-state index contributed by atoms with van der Waals surface area (Å²) >= 11 is 0. The van der Waals surface area contributed by atoms with Crippen molar-refractivity contribution in [3.8, 4) is 6.07 Å². The molecule has 0 N–H and O–H groups in total. The minimum atomic E-state index is 0.650. The molecule has 0 atom stereocenters. The topological polar surface area (TPSA) is 41.6 Å². The van der Waals surface area contributed by atoms with Gasteiger partial charge in [-0.15, -0.1) is 0 Å². The molecule has 0 bridgehead atoms. The number of imidazole rings is 1. The molecule has 1 aromatic heterocycles. The van der Waals surface area contributed by atoms with Crippen LogP contribution in [0.1, 0.15) is 17.0 Å². The third kappa shape index (κ3) is 2.09. The predicted octanol–water partition coefficient (Wildman–Crippen LogP) is 3.04. The van der Waals surface area contributed by atoms with Crippen molar-refractivity contribution in [1.29, 1.82) is 5.26 Å². The molecule has 0 saturated heterocycles. The summed E-state index contributed by atoms with van der Waals surface area (Å²) in [6.07, 6.45) is 0.800. The zero-order valence-corrected chi connectivity index (χ0v) is 10.7. The van der Waals surface area contributed by atoms with Crippen LogP contribution in [0.2, 0.25) is 0 Å². The molecule has 2 aromatic carbocycles. The number of rotatable bonds is 2. The van der Waals surface area contributed by atoms with E-state index >= 15 is 0 Å². The molecule has 92 valence electrons. The highest BCUT2D eigenvalue weighted by Crippen LogP contribution is 2.18. The van der Waals surface area contributed by atoms with Gasteiger partial charge in [0.25, 0.3) is 0 Å². The lowest BCUT2D eigenvalue weighted by Crippen LogP contribution is -1.98. The van der Waals surface area contributed by atoms with Crippen LogP contribution in [0, 0.1) is 11.3 Å². The van der Waals surface area contributed by atoms with Crippen molar-refractivity contribution in [2.45, 2.75) is 6.42 Å². The zero-order valence-electron chi connectivity index (χ0n) is 10.7. The molecule has 3 nitrogen and oxygen atoms in total. The van der Waals surface area contributed by atoms with Gasteiger partial charge in [-0.25, -0.2) is 4.98 Å². The summed E-state index contributed by atoms with van der Waals surface area (Å²) in [5.41, 5.74) is 3.83. The molecule has 3 rings (SSSR count). The van der Waals surface area contributed by atoms with Crippen molar-refractivity contribution in [2.24, 2.45) is 7.05 Å². The normalized spacial score (nSPS) is 10.5. The Morgan fingerprint density at radius 2 is 1.95 bits per heavy atom. The summed E-state index contributed by atoms with van der Waals surface area (Å²) < 4.78 is 2.09. The van der Waals surface area contributed by atoms with Gasteiger partial charge in [0, 0.05) is 13.5 Å². The largest absolute Gasteiger partial charge is 0.331 e. The molecule has 0 unspecified atom stereocenters. The summed E-state index contributed by atoms with van der Waals surface area (Å²) in [5, 5.41) is 8.92. The van der Waals surface area contributed by atoms with Gasteiger partial charge in [-0.3, -0.25) is 0 Å². The average molecular weight is 247 g/mol. The van der Waals surface area contributed by atoms with E-state index in [-0.39, 0.29) is 0 Å². The Morgan fingerprint density at radius 1 is 1.16 bits per heavy atom. The molecule has 1 heterocycles. The molecule has 0 aliphatic carbocycles. The third-order valence-corrected chi connectivity index (χ3v) is 3.31. The van der Waals surface area contributed by atoms with Gasteiger partial charge < -0.3 is 4.57 Å². The molecule has 0 radical (unpaired) electrons. The second-order valence-electron chi connectivity index (χ2n) is 4.56. The molecular weight excluding hydrogens is 234 g/mol. The summed E-state index contributed by atoms with van der Waals surface area (Å²) in [6, 6.07) is 18.0. The van der Waals surface area contributed by atoms with E-state index in [9.17, 15) is 0 Å². The van der Waals surface area contributed by atoms with Crippen molar-refractivity contribution in [2.75, 3.05) is 0 Å². The first-order valence-electron chi connectivity index (χ1n) is 6.17. The first kappa shape index (κ1) is 11.5. The maximum atomic E-state index is 8.92. The lowest BCUT2D eigenvalue weighted by atomic mass is 10.1. The van der Waals surface area contributed by atoms with Crippen LogP contribution in [0.25, 0.3) is 11.0 Å². The fourth-order valence-electron chi connectivity index (χ4n) is 2.26. The average Bonchev–Trinajstić information content (AvgIpc) is 2.76. The van der Waals surface area contributed by atoms with E-state index in [2.05, 4.69) is 27.8 Å². The van der Waals surface area contributed by atoms with Crippen LogP contribution < -0.4 is 0 Å². The molecule has 0 amide bonds. The molecule has 19 heavy (non-hydrogen) atoms. The molecule has 3 heteroatoms. The fourth-order valence-corrected chi connectivity index (χ4v) is 2.26. The Morgan fingerprint density at radius 3 is 2.68 bits per heavy atom. The smallest absolute Gasteiger partial charge is 0.114 e. The van der Waals surface area contributed by atoms with Gasteiger partial charge in [0.05, 0.1) is 22.7 Å². The minimum absolute atomic E-state index is 0.650. The van der Waals surface area contributed by atoms with Crippen LogP contribution in [0.3, 0.4) is 0 Å². The summed E-state index contributed by atoms with van der Waals surface area (Å²) in [4.78, 5) is 4.63. The molecule has 0 aliphatic heterocycles. The highest BCUT2D eigenvalue weighted by atomic mass is 15.1. The van der Waals surface area contributed by atoms with Crippen LogP contribution in [0.5, 0.6) is 0 Å². The van der Waals surface area contributed by atoms with Gasteiger partial charge >= 0.3 is 0 Å². The maximum Gasteiger partial charge on any atom is 0.114 e. The predicted molar refractivity (Wildman–Crippen MR) is 74.7 cm³/mol. The van der Waals surface area contributed by atoms with Crippen LogP contribution in [-0.2, 0) is 13.5 Å². The van der Waals surface area contributed by atoms with Crippen LogP contribution in [-0.4, -0.2) is 9.55 Å². The van der Waals surface area contributed by atoms with E-state index in [0.29, 0.717) is 5.56 Å². The van der Waals surface area contributed by atoms with Crippen LogP contribution in [0.4, 0.5) is 0 Å². The number of aromatic nitrogens is 2. The standard InChI is InChI=1S/C16H13N3/c1-19-15-8-7-13(11-17)9-14(15)18-16(19)10-12-5-3-2-4-6-12/h2-9H,10H2,1H3. The Balaban J connectivity index is 2.05. The molecule has 0 fully saturated rings. The van der Waals surface area contributed by atoms with E-state index in [1.165, 1.54) is 5.56 Å². The Labute approximate surface area is 111 Å². The van der Waals surface area contributed by atoms with E-state index < -0.39 is 0 Å². The van der Waals surface area contributed by atoms with Crippen molar-refractivity contribution < 1.29 is 0 Å². The van der Waals surface area contributed by atoms with E-state index in [0.717, 1.165) is 23.3 Å². The number of nitriles is 1. The number of hydrogen-bond donors (Lipinski definition) is 0. The highest BCUT2D eigenvalue weighted by Gasteiger charge is 2.08. The van der Waals surface area contributed by atoms with Crippen molar-refractivity contribution >= 4 is 11.0 Å². The number of nitrogens with zero attached hydrogens (tertiary/aromatic N) is 3. The van der Waals surface area contributed by atoms with E-state index in [1.54, 1.807) is 0 Å². The third-order valence-electron chi connectivity index (χ3n) is 3.31. The second-order valence-corrected chi connectivity index (χ2v) is 4.56. The first-order valence-corrected chi connectivity index (χ1v) is 6.17. The van der Waals surface area contributed by atoms with Gasteiger partial charge in [-0.05, 0) is 23.8 Å². The second kappa shape index (κ2) is 4.58. The van der Waals surface area contributed by atoms with Crippen molar-refractivity contribution in [1.82, 2.24) is 9.55 Å². The molecule has 0 spiro atoms. The number of hydrogen-bond acceptors (Lipinski definition) is 2. The highest BCUT2D eigenvalue weighted by molar-refractivity contribution is 5.77. The van der Waals surface area contributed by atoms with Crippen molar-refractivity contribution in [3.63, 3.8) is 0 Å². The first-order chi connectivity index (χ1) is 9.28. The summed E-state index contributed by atoms with van der Waals surface area (Å²) in [6.45, 7) is 0. The quantitative estimate of drug-likeness (QED) is 0.698. The van der Waals surface area contributed by atoms with Crippen LogP contribution >= 0.6 is 0 Å². The van der Waals surface area contributed by atoms with E-state index in [4.69, 9.17) is 5.26 Å². The Kier molecular flexibility index (Phi) is 2.77. The SMILES string of the molecule is Cn1c(Cc2ccccc2)nc2cc(C#N)ccc21. The number of benzene rings is 2. The Hall–Kier alpha value is -2.60. The van der Waals surface area contributed by atoms with Gasteiger partial charge in [-0.2, -0.15) is 5.26 Å². The van der Waals surface area contributed by atoms with Gasteiger partial charge in [-0.1, -0.05) is 30.3 Å². The fraction of sp³-hybridized carbons (Fsp3) is 0.125. The van der Waals surface area contributed by atoms with Gasteiger partial charge in [0.1, 0.15) is 5.82 Å². The molecule has 0 saturated carbocycles. The molecule has 3 aromatic rings. The van der Waals surface area contributed by atoms with Gasteiger partial charge in [0.2, 0.25) is 0 Å². The summed E-state index contributed by atoms with van der Waals surface area (Å²) in [7, 11) is 2.01. The Bertz CT molecular complexity index is 764. The molecule has 0 aliphatic rings. The van der Waals surface area contributed by atoms with Crippen molar-refractivity contribution in [3.05, 3.63) is 65.5 Å². The number of aryl methyl sites for hydroxylation is 1.